The van der Waals surface area contributed by atoms with Gasteiger partial charge in [0, 0.05) is 16.3 Å². The fourth-order valence-corrected chi connectivity index (χ4v) is 6.45. The van der Waals surface area contributed by atoms with Crippen molar-refractivity contribution >= 4 is 43.5 Å². The highest BCUT2D eigenvalue weighted by Gasteiger charge is 2.28. The van der Waals surface area contributed by atoms with Gasteiger partial charge in [-0.05, 0) is 62.0 Å². The van der Waals surface area contributed by atoms with Crippen molar-refractivity contribution in [2.24, 2.45) is 0 Å². The molecule has 0 spiro atoms. The molecule has 5 N–H and O–H groups in total. The summed E-state index contributed by atoms with van der Waals surface area (Å²) in [5.41, 5.74) is 5.74. The maximum Gasteiger partial charge on any atom is 0.208 e. The lowest BCUT2D eigenvalue weighted by Gasteiger charge is -2.20. The van der Waals surface area contributed by atoms with Gasteiger partial charge in [0.15, 0.2) is 11.5 Å². The van der Waals surface area contributed by atoms with Crippen molar-refractivity contribution in [2.45, 2.75) is 0 Å². The van der Waals surface area contributed by atoms with Gasteiger partial charge in [0.1, 0.15) is 11.2 Å². The number of rotatable bonds is 3. The second kappa shape index (κ2) is 9.44. The third-order valence-corrected chi connectivity index (χ3v) is 8.43. The van der Waals surface area contributed by atoms with E-state index in [2.05, 4.69) is 36.4 Å². The Balaban J connectivity index is 1.49. The van der Waals surface area contributed by atoms with Crippen LogP contribution in [0.5, 0.6) is 28.7 Å². The van der Waals surface area contributed by atoms with Gasteiger partial charge in [-0.1, -0.05) is 97.1 Å². The molecule has 0 aliphatic heterocycles. The summed E-state index contributed by atoms with van der Waals surface area (Å²) in [7, 11) is 0. The zero-order chi connectivity index (χ0) is 30.1. The van der Waals surface area contributed by atoms with Crippen LogP contribution in [0, 0.1) is 0 Å². The van der Waals surface area contributed by atoms with Crippen LogP contribution in [0.4, 0.5) is 0 Å². The summed E-state index contributed by atoms with van der Waals surface area (Å²) in [5.74, 6) is -4.31. The summed E-state index contributed by atoms with van der Waals surface area (Å²) in [4.78, 5) is 0. The number of aromatic hydroxyl groups is 5. The smallest absolute Gasteiger partial charge is 0.208 e. The quantitative estimate of drug-likeness (QED) is 0.0813. The summed E-state index contributed by atoms with van der Waals surface area (Å²) < 4.78 is 6.42. The highest BCUT2D eigenvalue weighted by Crippen LogP contribution is 2.58. The monoisotopic (exact) mass is 576 g/mol. The van der Waals surface area contributed by atoms with E-state index in [-0.39, 0.29) is 5.56 Å². The van der Waals surface area contributed by atoms with Crippen LogP contribution in [0.3, 0.4) is 0 Å². The summed E-state index contributed by atoms with van der Waals surface area (Å²) >= 11 is 0. The second-order valence-corrected chi connectivity index (χ2v) is 10.8. The molecule has 1 heterocycles. The lowest BCUT2D eigenvalue weighted by atomic mass is 9.84. The first-order chi connectivity index (χ1) is 21.4. The average Bonchev–Trinajstić information content (AvgIpc) is 3.45. The molecule has 8 rings (SSSR count). The minimum Gasteiger partial charge on any atom is -0.504 e. The van der Waals surface area contributed by atoms with E-state index < -0.39 is 28.7 Å². The Labute approximate surface area is 250 Å². The highest BCUT2D eigenvalue weighted by atomic mass is 16.4. The highest BCUT2D eigenvalue weighted by molar-refractivity contribution is 6.26. The van der Waals surface area contributed by atoms with E-state index >= 15 is 0 Å². The summed E-state index contributed by atoms with van der Waals surface area (Å²) in [5, 5.41) is 57.8. The molecule has 6 nitrogen and oxygen atoms in total. The van der Waals surface area contributed by atoms with Gasteiger partial charge >= 0.3 is 0 Å². The molecule has 212 valence electrons. The van der Waals surface area contributed by atoms with Crippen LogP contribution in [0.1, 0.15) is 0 Å². The molecule has 0 atom stereocenters. The normalized spacial score (nSPS) is 11.6. The molecule has 0 unspecified atom stereocenters. The van der Waals surface area contributed by atoms with Crippen molar-refractivity contribution in [3.63, 3.8) is 0 Å². The standard InChI is InChI=1S/C38H24O6/c39-34-33(35(40)37(42)38(43)36(34)41)32-24-13-6-4-11-22(24)30(23-12-5-7-14-25(23)32)27-15-8-16-28-31(27)26-18-17-21(19-29(26)44-28)20-9-2-1-3-10-20/h1-19,39-43H. The topological polar surface area (TPSA) is 114 Å². The average molecular weight is 577 g/mol. The molecular weight excluding hydrogens is 552 g/mol. The maximum atomic E-state index is 11.0. The van der Waals surface area contributed by atoms with Crippen molar-refractivity contribution in [2.75, 3.05) is 0 Å². The van der Waals surface area contributed by atoms with Crippen molar-refractivity contribution in [3.05, 3.63) is 115 Å². The Bertz CT molecular complexity index is 2350. The van der Waals surface area contributed by atoms with Gasteiger partial charge in [0.05, 0.1) is 5.56 Å². The lowest BCUT2D eigenvalue weighted by molar-refractivity contribution is 0.330. The molecule has 0 amide bonds. The Kier molecular flexibility index (Phi) is 5.48. The second-order valence-electron chi connectivity index (χ2n) is 10.8. The maximum absolute atomic E-state index is 11.0. The predicted octanol–water partition coefficient (Wildman–Crippen LogP) is 9.42. The molecule has 0 bridgehead atoms. The van der Waals surface area contributed by atoms with E-state index in [0.29, 0.717) is 16.3 Å². The predicted molar refractivity (Wildman–Crippen MR) is 173 cm³/mol. The minimum absolute atomic E-state index is 0.183. The van der Waals surface area contributed by atoms with Gasteiger partial charge in [-0.15, -0.1) is 0 Å². The van der Waals surface area contributed by atoms with Crippen molar-refractivity contribution in [3.8, 4) is 62.1 Å². The van der Waals surface area contributed by atoms with Crippen molar-refractivity contribution < 1.29 is 29.9 Å². The van der Waals surface area contributed by atoms with Gasteiger partial charge in [-0.25, -0.2) is 0 Å². The van der Waals surface area contributed by atoms with Gasteiger partial charge < -0.3 is 29.9 Å². The molecule has 0 fully saturated rings. The Hall–Kier alpha value is -6.14. The Morgan fingerprint density at radius 1 is 0.364 bits per heavy atom. The number of hydrogen-bond acceptors (Lipinski definition) is 6. The summed E-state index contributed by atoms with van der Waals surface area (Å²) in [6.45, 7) is 0. The Morgan fingerprint density at radius 2 is 0.909 bits per heavy atom. The number of phenolic OH excluding ortho intramolecular Hbond substituents is 5. The molecule has 0 aliphatic rings. The minimum atomic E-state index is -0.997. The molecule has 0 radical (unpaired) electrons. The molecular formula is C38H24O6. The number of hydrogen-bond donors (Lipinski definition) is 5. The lowest BCUT2D eigenvalue weighted by Crippen LogP contribution is -1.92. The number of benzene rings is 7. The van der Waals surface area contributed by atoms with Crippen LogP contribution in [0.2, 0.25) is 0 Å². The first-order valence-corrected chi connectivity index (χ1v) is 14.1. The zero-order valence-corrected chi connectivity index (χ0v) is 23.1. The van der Waals surface area contributed by atoms with Gasteiger partial charge in [-0.2, -0.15) is 0 Å². The molecule has 8 aromatic rings. The van der Waals surface area contributed by atoms with Crippen LogP contribution in [-0.2, 0) is 0 Å². The van der Waals surface area contributed by atoms with E-state index in [9.17, 15) is 25.5 Å². The zero-order valence-electron chi connectivity index (χ0n) is 23.1. The molecule has 0 aliphatic carbocycles. The van der Waals surface area contributed by atoms with Crippen molar-refractivity contribution in [1.29, 1.82) is 0 Å². The molecule has 1 aromatic heterocycles. The van der Waals surface area contributed by atoms with Crippen LogP contribution in [0.15, 0.2) is 120 Å². The first kappa shape index (κ1) is 25.6. The van der Waals surface area contributed by atoms with Crippen LogP contribution in [0.25, 0.3) is 76.9 Å². The molecule has 44 heavy (non-hydrogen) atoms. The molecule has 7 aromatic carbocycles. The van der Waals surface area contributed by atoms with Crippen LogP contribution < -0.4 is 0 Å². The molecule has 0 saturated heterocycles. The van der Waals surface area contributed by atoms with E-state index in [0.717, 1.165) is 55.0 Å². The first-order valence-electron chi connectivity index (χ1n) is 14.1. The molecule has 0 saturated carbocycles. The number of fused-ring (bicyclic) bond motifs is 5. The fraction of sp³-hybridized carbons (Fsp3) is 0. The summed E-state index contributed by atoms with van der Waals surface area (Å²) in [6, 6.07) is 37.5. The number of furan rings is 1. The van der Waals surface area contributed by atoms with Crippen LogP contribution in [-0.4, -0.2) is 25.5 Å². The fourth-order valence-electron chi connectivity index (χ4n) is 6.45. The van der Waals surface area contributed by atoms with E-state index in [1.54, 1.807) is 0 Å². The van der Waals surface area contributed by atoms with E-state index in [1.807, 2.05) is 78.9 Å². The summed E-state index contributed by atoms with van der Waals surface area (Å²) in [6.07, 6.45) is 0. The van der Waals surface area contributed by atoms with Gasteiger partial charge in [-0.3, -0.25) is 0 Å². The van der Waals surface area contributed by atoms with Crippen molar-refractivity contribution in [1.82, 2.24) is 0 Å². The molecule has 6 heteroatoms. The third kappa shape index (κ3) is 3.55. The Morgan fingerprint density at radius 3 is 1.52 bits per heavy atom. The SMILES string of the molecule is Oc1c(O)c(O)c(-c2c3ccccc3c(-c3cccc4oc5cc(-c6ccccc6)ccc5c34)c3ccccc23)c(O)c1O. The number of phenols is 5. The van der Waals surface area contributed by atoms with Gasteiger partial charge in [0.25, 0.3) is 0 Å². The van der Waals surface area contributed by atoms with E-state index in [4.69, 9.17) is 4.42 Å². The van der Waals surface area contributed by atoms with Crippen LogP contribution >= 0.6 is 0 Å². The van der Waals surface area contributed by atoms with Gasteiger partial charge in [0.2, 0.25) is 17.2 Å². The largest absolute Gasteiger partial charge is 0.504 e. The third-order valence-electron chi connectivity index (χ3n) is 8.43. The van der Waals surface area contributed by atoms with E-state index in [1.165, 1.54) is 0 Å².